The lowest BCUT2D eigenvalue weighted by Crippen LogP contribution is -2.30. The number of sulfonamides is 1. The van der Waals surface area contributed by atoms with Crippen LogP contribution in [0.2, 0.25) is 0 Å². The number of hydrogen-bond acceptors (Lipinski definition) is 3. The minimum Gasteiger partial charge on any atom is -0.497 e. The molecule has 0 aliphatic heterocycles. The summed E-state index contributed by atoms with van der Waals surface area (Å²) >= 11 is 0. The van der Waals surface area contributed by atoms with Crippen LogP contribution in [0.1, 0.15) is 16.7 Å². The maximum Gasteiger partial charge on any atom is 0.264 e. The van der Waals surface area contributed by atoms with E-state index in [4.69, 9.17) is 4.74 Å². The van der Waals surface area contributed by atoms with Crippen LogP contribution in [0.4, 0.5) is 5.69 Å². The summed E-state index contributed by atoms with van der Waals surface area (Å²) in [7, 11) is -2.17. The fourth-order valence-corrected chi connectivity index (χ4v) is 4.21. The smallest absolute Gasteiger partial charge is 0.264 e. The van der Waals surface area contributed by atoms with Crippen molar-refractivity contribution in [2.45, 2.75) is 25.3 Å². The molecular weight excluding hydrogens is 358 g/mol. The highest BCUT2D eigenvalue weighted by Crippen LogP contribution is 2.27. The number of ether oxygens (including phenoxy) is 1. The Kier molecular flexibility index (Phi) is 5.51. The second kappa shape index (κ2) is 7.84. The highest BCUT2D eigenvalue weighted by atomic mass is 32.2. The maximum atomic E-state index is 13.4. The minimum atomic E-state index is -3.72. The Hall–Kier alpha value is -2.79. The zero-order valence-corrected chi connectivity index (χ0v) is 16.5. The van der Waals surface area contributed by atoms with Crippen molar-refractivity contribution in [2.24, 2.45) is 0 Å². The molecule has 0 saturated carbocycles. The summed E-state index contributed by atoms with van der Waals surface area (Å²) in [6.45, 7) is 4.25. The lowest BCUT2D eigenvalue weighted by Gasteiger charge is -2.25. The van der Waals surface area contributed by atoms with Gasteiger partial charge in [-0.15, -0.1) is 0 Å². The average Bonchev–Trinajstić information content (AvgIpc) is 2.68. The molecule has 0 heterocycles. The van der Waals surface area contributed by atoms with Gasteiger partial charge in [-0.3, -0.25) is 4.31 Å². The Balaban J connectivity index is 2.03. The van der Waals surface area contributed by atoms with Crippen LogP contribution >= 0.6 is 0 Å². The summed E-state index contributed by atoms with van der Waals surface area (Å²) in [5.41, 5.74) is 3.78. The van der Waals surface area contributed by atoms with Gasteiger partial charge in [0.1, 0.15) is 5.75 Å². The molecule has 3 rings (SSSR count). The van der Waals surface area contributed by atoms with Gasteiger partial charge >= 0.3 is 0 Å². The molecule has 0 amide bonds. The number of anilines is 1. The van der Waals surface area contributed by atoms with Crippen molar-refractivity contribution in [3.8, 4) is 5.75 Å². The summed E-state index contributed by atoms with van der Waals surface area (Å²) in [5, 5.41) is 0. The van der Waals surface area contributed by atoms with Crippen molar-refractivity contribution in [3.05, 3.63) is 89.5 Å². The van der Waals surface area contributed by atoms with Crippen LogP contribution in [0, 0.1) is 13.8 Å². The number of benzene rings is 3. The van der Waals surface area contributed by atoms with Crippen LogP contribution in [0.25, 0.3) is 0 Å². The van der Waals surface area contributed by atoms with Crippen LogP contribution in [-0.2, 0) is 16.6 Å². The van der Waals surface area contributed by atoms with Crippen molar-refractivity contribution in [2.75, 3.05) is 11.4 Å². The van der Waals surface area contributed by atoms with Crippen molar-refractivity contribution >= 4 is 15.7 Å². The molecule has 0 bridgehead atoms. The Bertz CT molecular complexity index is 993. The topological polar surface area (TPSA) is 46.6 Å². The van der Waals surface area contributed by atoms with Crippen LogP contribution in [0.15, 0.2) is 77.7 Å². The summed E-state index contributed by atoms with van der Waals surface area (Å²) < 4.78 is 33.3. The lowest BCUT2D eigenvalue weighted by molar-refractivity contribution is 0.414. The van der Waals surface area contributed by atoms with Crippen molar-refractivity contribution < 1.29 is 13.2 Å². The maximum absolute atomic E-state index is 13.4. The SMILES string of the molecule is COc1ccc(S(=O)(=O)N(Cc2ccc(C)cc2)c2ccc(C)cc2)cc1. The van der Waals surface area contributed by atoms with E-state index in [0.717, 1.165) is 16.7 Å². The Morgan fingerprint density at radius 1 is 0.778 bits per heavy atom. The first-order valence-corrected chi connectivity index (χ1v) is 10.1. The van der Waals surface area contributed by atoms with Crippen LogP contribution in [0.5, 0.6) is 5.75 Å². The van der Waals surface area contributed by atoms with E-state index < -0.39 is 10.0 Å². The van der Waals surface area contributed by atoms with E-state index in [9.17, 15) is 8.42 Å². The van der Waals surface area contributed by atoms with Gasteiger partial charge in [0.25, 0.3) is 10.0 Å². The summed E-state index contributed by atoms with van der Waals surface area (Å²) in [5.74, 6) is 0.620. The first-order valence-electron chi connectivity index (χ1n) is 8.69. The molecular formula is C22H23NO3S. The standard InChI is InChI=1S/C22H23NO3S/c1-17-4-8-19(9-5-17)16-23(20-10-6-18(2)7-11-20)27(24,25)22-14-12-21(26-3)13-15-22/h4-15H,16H2,1-3H3. The Labute approximate surface area is 161 Å². The molecule has 27 heavy (non-hydrogen) atoms. The normalized spacial score (nSPS) is 11.2. The molecule has 0 fully saturated rings. The Morgan fingerprint density at radius 3 is 1.81 bits per heavy atom. The largest absolute Gasteiger partial charge is 0.497 e. The number of methoxy groups -OCH3 is 1. The zero-order chi connectivity index (χ0) is 19.4. The van der Waals surface area contributed by atoms with Crippen molar-refractivity contribution in [1.82, 2.24) is 0 Å². The van der Waals surface area contributed by atoms with Gasteiger partial charge in [0.2, 0.25) is 0 Å². The molecule has 4 nitrogen and oxygen atoms in total. The summed E-state index contributed by atoms with van der Waals surface area (Å²) in [4.78, 5) is 0.232. The van der Waals surface area contributed by atoms with Crippen LogP contribution in [0.3, 0.4) is 0 Å². The minimum absolute atomic E-state index is 0.232. The molecule has 0 saturated heterocycles. The molecule has 0 aromatic heterocycles. The third-order valence-corrected chi connectivity index (χ3v) is 6.20. The van der Waals surface area contributed by atoms with Gasteiger partial charge in [0.15, 0.2) is 0 Å². The predicted molar refractivity (Wildman–Crippen MR) is 109 cm³/mol. The number of nitrogens with zero attached hydrogens (tertiary/aromatic N) is 1. The zero-order valence-electron chi connectivity index (χ0n) is 15.7. The van der Waals surface area contributed by atoms with Gasteiger partial charge in [-0.2, -0.15) is 0 Å². The third kappa shape index (κ3) is 4.31. The van der Waals surface area contributed by atoms with E-state index in [0.29, 0.717) is 11.4 Å². The molecule has 0 atom stereocenters. The van der Waals surface area contributed by atoms with E-state index >= 15 is 0 Å². The molecule has 0 N–H and O–H groups in total. The molecule has 0 radical (unpaired) electrons. The van der Waals surface area contributed by atoms with Gasteiger partial charge in [-0.25, -0.2) is 8.42 Å². The van der Waals surface area contributed by atoms with Gasteiger partial charge in [-0.1, -0.05) is 47.5 Å². The molecule has 3 aromatic carbocycles. The van der Waals surface area contributed by atoms with E-state index in [2.05, 4.69) is 0 Å². The second-order valence-corrected chi connectivity index (χ2v) is 8.37. The highest BCUT2D eigenvalue weighted by Gasteiger charge is 2.25. The molecule has 0 aliphatic carbocycles. The predicted octanol–water partition coefficient (Wildman–Crippen LogP) is 4.71. The van der Waals surface area contributed by atoms with E-state index in [1.54, 1.807) is 31.4 Å². The molecule has 140 valence electrons. The van der Waals surface area contributed by atoms with E-state index in [-0.39, 0.29) is 11.4 Å². The first kappa shape index (κ1) is 19.0. The monoisotopic (exact) mass is 381 g/mol. The second-order valence-electron chi connectivity index (χ2n) is 6.51. The number of hydrogen-bond donors (Lipinski definition) is 0. The number of aryl methyl sites for hydroxylation is 2. The Morgan fingerprint density at radius 2 is 1.30 bits per heavy atom. The van der Waals surface area contributed by atoms with Gasteiger partial charge in [0, 0.05) is 0 Å². The summed E-state index contributed by atoms with van der Waals surface area (Å²) in [6, 6.07) is 21.9. The molecule has 0 spiro atoms. The highest BCUT2D eigenvalue weighted by molar-refractivity contribution is 7.92. The lowest BCUT2D eigenvalue weighted by atomic mass is 10.1. The van der Waals surface area contributed by atoms with Crippen molar-refractivity contribution in [1.29, 1.82) is 0 Å². The molecule has 5 heteroatoms. The molecule has 3 aromatic rings. The van der Waals surface area contributed by atoms with Gasteiger partial charge in [-0.05, 0) is 55.8 Å². The summed E-state index contributed by atoms with van der Waals surface area (Å²) in [6.07, 6.45) is 0. The van der Waals surface area contributed by atoms with Crippen LogP contribution in [-0.4, -0.2) is 15.5 Å². The fraction of sp³-hybridized carbons (Fsp3) is 0.182. The quantitative estimate of drug-likeness (QED) is 0.621. The third-order valence-electron chi connectivity index (χ3n) is 4.42. The van der Waals surface area contributed by atoms with Crippen molar-refractivity contribution in [3.63, 3.8) is 0 Å². The number of rotatable bonds is 6. The van der Waals surface area contributed by atoms with Gasteiger partial charge < -0.3 is 4.74 Å². The fourth-order valence-electron chi connectivity index (χ4n) is 2.76. The molecule has 0 unspecified atom stereocenters. The molecule has 0 aliphatic rings. The van der Waals surface area contributed by atoms with Crippen LogP contribution < -0.4 is 9.04 Å². The average molecular weight is 381 g/mol. The van der Waals surface area contributed by atoms with Gasteiger partial charge in [0.05, 0.1) is 24.2 Å². The van der Waals surface area contributed by atoms with E-state index in [1.807, 2.05) is 62.4 Å². The first-order chi connectivity index (χ1) is 12.9. The van der Waals surface area contributed by atoms with E-state index in [1.165, 1.54) is 4.31 Å².